The zero-order valence-corrected chi connectivity index (χ0v) is 10.6. The van der Waals surface area contributed by atoms with Crippen LogP contribution in [-0.2, 0) is 13.5 Å². The van der Waals surface area contributed by atoms with Gasteiger partial charge in [0.25, 0.3) is 0 Å². The minimum Gasteiger partial charge on any atom is -1.00 e. The SMILES string of the molecule is C[n+]1ccccc1SCCc1cnc[nH]1.[Cl-]. The third-order valence-electron chi connectivity index (χ3n) is 2.18. The molecule has 3 nitrogen and oxygen atoms in total. The number of H-pyrrole nitrogens is 1. The van der Waals surface area contributed by atoms with E-state index in [9.17, 15) is 0 Å². The Morgan fingerprint density at radius 1 is 1.44 bits per heavy atom. The molecular formula is C11H14ClN3S. The molecular weight excluding hydrogens is 242 g/mol. The molecule has 0 amide bonds. The summed E-state index contributed by atoms with van der Waals surface area (Å²) in [5, 5.41) is 1.29. The standard InChI is InChI=1S/C11H14N3S.ClH/c1-14-6-3-2-4-11(14)15-7-5-10-8-12-9-13-10;/h2-4,6,8-9H,5,7H2,1H3,(H,12,13);1H/q+1;/p-1. The fraction of sp³-hybridized carbons (Fsp3) is 0.273. The quantitative estimate of drug-likeness (QED) is 0.537. The van der Waals surface area contributed by atoms with Crippen LogP contribution in [0, 0.1) is 0 Å². The van der Waals surface area contributed by atoms with Crippen LogP contribution in [0.3, 0.4) is 0 Å². The lowest BCUT2D eigenvalue weighted by molar-refractivity contribution is -0.708. The third-order valence-corrected chi connectivity index (χ3v) is 3.31. The molecule has 2 heterocycles. The molecule has 0 saturated heterocycles. The molecule has 0 atom stereocenters. The summed E-state index contributed by atoms with van der Waals surface area (Å²) in [7, 11) is 2.07. The van der Waals surface area contributed by atoms with Crippen molar-refractivity contribution in [3.63, 3.8) is 0 Å². The summed E-state index contributed by atoms with van der Waals surface area (Å²) in [5.41, 5.74) is 1.20. The highest BCUT2D eigenvalue weighted by Gasteiger charge is 2.04. The molecule has 0 bridgehead atoms. The van der Waals surface area contributed by atoms with Crippen molar-refractivity contribution in [2.75, 3.05) is 5.75 Å². The molecule has 2 rings (SSSR count). The van der Waals surface area contributed by atoms with Crippen LogP contribution in [0.15, 0.2) is 41.9 Å². The van der Waals surface area contributed by atoms with E-state index in [1.54, 1.807) is 6.33 Å². The van der Waals surface area contributed by atoms with E-state index in [0.29, 0.717) is 0 Å². The van der Waals surface area contributed by atoms with Gasteiger partial charge in [-0.2, -0.15) is 4.57 Å². The first-order valence-corrected chi connectivity index (χ1v) is 5.89. The minimum absolute atomic E-state index is 0. The van der Waals surface area contributed by atoms with Crippen LogP contribution in [0.4, 0.5) is 0 Å². The number of thioether (sulfide) groups is 1. The number of hydrogen-bond acceptors (Lipinski definition) is 2. The fourth-order valence-electron chi connectivity index (χ4n) is 1.34. The number of halogens is 1. The van der Waals surface area contributed by atoms with Gasteiger partial charge in [-0.1, -0.05) is 11.8 Å². The van der Waals surface area contributed by atoms with Gasteiger partial charge in [-0.05, 0) is 12.5 Å². The van der Waals surface area contributed by atoms with Crippen molar-refractivity contribution < 1.29 is 17.0 Å². The number of aromatic nitrogens is 3. The Bertz CT molecular complexity index is 417. The average Bonchev–Trinajstić information content (AvgIpc) is 2.74. The first-order chi connectivity index (χ1) is 7.36. The predicted molar refractivity (Wildman–Crippen MR) is 60.6 cm³/mol. The normalized spacial score (nSPS) is 9.81. The van der Waals surface area contributed by atoms with Gasteiger partial charge in [-0.25, -0.2) is 4.98 Å². The first kappa shape index (κ1) is 13.1. The Balaban J connectivity index is 0.00000128. The van der Waals surface area contributed by atoms with E-state index in [2.05, 4.69) is 39.9 Å². The molecule has 0 aliphatic rings. The van der Waals surface area contributed by atoms with Crippen molar-refractivity contribution >= 4 is 11.8 Å². The summed E-state index contributed by atoms with van der Waals surface area (Å²) < 4.78 is 2.14. The molecule has 0 radical (unpaired) electrons. The Kier molecular flexibility index (Phi) is 5.35. The second kappa shape index (κ2) is 6.55. The van der Waals surface area contributed by atoms with Crippen molar-refractivity contribution in [3.05, 3.63) is 42.6 Å². The zero-order chi connectivity index (χ0) is 10.5. The topological polar surface area (TPSA) is 32.6 Å². The molecule has 0 spiro atoms. The molecule has 2 aromatic heterocycles. The van der Waals surface area contributed by atoms with Crippen LogP contribution < -0.4 is 17.0 Å². The molecule has 0 aromatic carbocycles. The van der Waals surface area contributed by atoms with Gasteiger partial charge in [-0.15, -0.1) is 0 Å². The van der Waals surface area contributed by atoms with Crippen molar-refractivity contribution in [1.29, 1.82) is 0 Å². The Hall–Kier alpha value is -1.00. The highest BCUT2D eigenvalue weighted by atomic mass is 35.5. The van der Waals surface area contributed by atoms with E-state index in [1.165, 1.54) is 10.7 Å². The summed E-state index contributed by atoms with van der Waals surface area (Å²) in [6.45, 7) is 0. The van der Waals surface area contributed by atoms with Gasteiger partial charge in [0.05, 0.1) is 6.33 Å². The van der Waals surface area contributed by atoms with Crippen molar-refractivity contribution in [1.82, 2.24) is 9.97 Å². The molecule has 0 unspecified atom stereocenters. The van der Waals surface area contributed by atoms with Crippen LogP contribution in [0.1, 0.15) is 5.69 Å². The summed E-state index contributed by atoms with van der Waals surface area (Å²) >= 11 is 1.86. The Morgan fingerprint density at radius 2 is 2.31 bits per heavy atom. The van der Waals surface area contributed by atoms with E-state index in [4.69, 9.17) is 0 Å². The van der Waals surface area contributed by atoms with Crippen LogP contribution in [-0.4, -0.2) is 15.7 Å². The molecule has 0 aliphatic heterocycles. The van der Waals surface area contributed by atoms with Gasteiger partial charge >= 0.3 is 0 Å². The zero-order valence-electron chi connectivity index (χ0n) is 9.06. The molecule has 5 heteroatoms. The van der Waals surface area contributed by atoms with Crippen LogP contribution in [0.2, 0.25) is 0 Å². The Labute approximate surface area is 106 Å². The minimum atomic E-state index is 0. The van der Waals surface area contributed by atoms with Crippen molar-refractivity contribution in [3.8, 4) is 0 Å². The van der Waals surface area contributed by atoms with Gasteiger partial charge in [0.1, 0.15) is 7.05 Å². The van der Waals surface area contributed by atoms with Crippen molar-refractivity contribution in [2.45, 2.75) is 11.4 Å². The second-order valence-electron chi connectivity index (χ2n) is 3.33. The summed E-state index contributed by atoms with van der Waals surface area (Å²) in [6.07, 6.45) is 6.70. The maximum absolute atomic E-state index is 4.00. The van der Waals surface area contributed by atoms with Crippen LogP contribution in [0.5, 0.6) is 0 Å². The molecule has 0 fully saturated rings. The maximum atomic E-state index is 4.00. The van der Waals surface area contributed by atoms with Gasteiger partial charge in [0.2, 0.25) is 5.03 Å². The van der Waals surface area contributed by atoms with E-state index in [0.717, 1.165) is 12.2 Å². The lowest BCUT2D eigenvalue weighted by atomic mass is 10.4. The largest absolute Gasteiger partial charge is 1.00 e. The van der Waals surface area contributed by atoms with E-state index >= 15 is 0 Å². The monoisotopic (exact) mass is 255 g/mol. The highest BCUT2D eigenvalue weighted by molar-refractivity contribution is 7.99. The molecule has 0 aliphatic carbocycles. The predicted octanol–water partition coefficient (Wildman–Crippen LogP) is -1.43. The first-order valence-electron chi connectivity index (χ1n) is 4.91. The molecule has 16 heavy (non-hydrogen) atoms. The lowest BCUT2D eigenvalue weighted by Gasteiger charge is -1.98. The summed E-state index contributed by atoms with van der Waals surface area (Å²) in [5.74, 6) is 1.07. The van der Waals surface area contributed by atoms with Gasteiger partial charge in [0, 0.05) is 29.8 Å². The maximum Gasteiger partial charge on any atom is 0.239 e. The number of hydrogen-bond donors (Lipinski definition) is 1. The smallest absolute Gasteiger partial charge is 0.239 e. The second-order valence-corrected chi connectivity index (χ2v) is 4.44. The molecule has 86 valence electrons. The van der Waals surface area contributed by atoms with Crippen molar-refractivity contribution in [2.24, 2.45) is 7.05 Å². The van der Waals surface area contributed by atoms with Crippen LogP contribution in [0.25, 0.3) is 0 Å². The number of nitrogens with one attached hydrogen (secondary N) is 1. The molecule has 0 saturated carbocycles. The van der Waals surface area contributed by atoms with E-state index in [1.807, 2.05) is 24.0 Å². The highest BCUT2D eigenvalue weighted by Crippen LogP contribution is 2.13. The average molecular weight is 256 g/mol. The van der Waals surface area contributed by atoms with E-state index < -0.39 is 0 Å². The number of aromatic amines is 1. The number of pyridine rings is 1. The lowest BCUT2D eigenvalue weighted by Crippen LogP contribution is -3.00. The number of nitrogens with zero attached hydrogens (tertiary/aromatic N) is 2. The number of aryl methyl sites for hydroxylation is 2. The molecule has 1 N–H and O–H groups in total. The summed E-state index contributed by atoms with van der Waals surface area (Å²) in [4.78, 5) is 7.10. The Morgan fingerprint density at radius 3 is 3.00 bits per heavy atom. The number of imidazole rings is 1. The molecule has 2 aromatic rings. The summed E-state index contributed by atoms with van der Waals surface area (Å²) in [6, 6.07) is 6.25. The third kappa shape index (κ3) is 3.54. The van der Waals surface area contributed by atoms with E-state index in [-0.39, 0.29) is 12.4 Å². The number of rotatable bonds is 4. The van der Waals surface area contributed by atoms with Gasteiger partial charge in [-0.3, -0.25) is 0 Å². The van der Waals surface area contributed by atoms with Gasteiger partial charge < -0.3 is 17.4 Å². The fourth-order valence-corrected chi connectivity index (χ4v) is 2.31. The van der Waals surface area contributed by atoms with Gasteiger partial charge in [0.15, 0.2) is 6.20 Å². The van der Waals surface area contributed by atoms with Crippen LogP contribution >= 0.6 is 11.8 Å².